The van der Waals surface area contributed by atoms with Crippen LogP contribution in [0.4, 0.5) is 5.13 Å². The topological polar surface area (TPSA) is 49.2 Å². The molecular formula is C14H19N3OS. The van der Waals surface area contributed by atoms with Crippen LogP contribution in [0.5, 0.6) is 0 Å². The summed E-state index contributed by atoms with van der Waals surface area (Å²) < 4.78 is 0. The summed E-state index contributed by atoms with van der Waals surface area (Å²) in [5, 5.41) is 10.6. The Kier molecular flexibility index (Phi) is 4.17. The lowest BCUT2D eigenvalue weighted by Crippen LogP contribution is -2.17. The molecule has 1 N–H and O–H groups in total. The fourth-order valence-corrected chi connectivity index (χ4v) is 2.91. The summed E-state index contributed by atoms with van der Waals surface area (Å²) in [4.78, 5) is 12.0. The van der Waals surface area contributed by atoms with Gasteiger partial charge in [-0.25, -0.2) is 4.98 Å². The fourth-order valence-electron chi connectivity index (χ4n) is 1.94. The molecule has 4 nitrogen and oxygen atoms in total. The van der Waals surface area contributed by atoms with Gasteiger partial charge in [-0.3, -0.25) is 4.98 Å². The smallest absolute Gasteiger partial charge is 0.185 e. The van der Waals surface area contributed by atoms with E-state index >= 15 is 0 Å². The molecule has 2 aromatic heterocycles. The Morgan fingerprint density at radius 3 is 2.63 bits per heavy atom. The molecule has 0 radical (unpaired) electrons. The van der Waals surface area contributed by atoms with Crippen LogP contribution in [0.1, 0.15) is 35.0 Å². The summed E-state index contributed by atoms with van der Waals surface area (Å²) in [5.74, 6) is 0. The lowest BCUT2D eigenvalue weighted by Gasteiger charge is -2.15. The number of aliphatic hydroxyl groups is 1. The Hall–Kier alpha value is -1.46. The van der Waals surface area contributed by atoms with Gasteiger partial charge < -0.3 is 10.0 Å². The molecule has 0 saturated heterocycles. The maximum absolute atomic E-state index is 9.67. The molecular weight excluding hydrogens is 258 g/mol. The molecule has 0 aliphatic carbocycles. The van der Waals surface area contributed by atoms with E-state index in [1.807, 2.05) is 39.1 Å². The monoisotopic (exact) mass is 277 g/mol. The van der Waals surface area contributed by atoms with E-state index in [1.165, 1.54) is 11.3 Å². The van der Waals surface area contributed by atoms with Crippen molar-refractivity contribution in [2.45, 2.75) is 33.4 Å². The van der Waals surface area contributed by atoms with Crippen LogP contribution >= 0.6 is 11.3 Å². The summed E-state index contributed by atoms with van der Waals surface area (Å²) in [6, 6.07) is 6.02. The molecule has 0 aromatic carbocycles. The maximum Gasteiger partial charge on any atom is 0.185 e. The van der Waals surface area contributed by atoms with Gasteiger partial charge in [-0.1, -0.05) is 17.4 Å². The zero-order chi connectivity index (χ0) is 14.0. The highest BCUT2D eigenvalue weighted by Crippen LogP contribution is 2.30. The van der Waals surface area contributed by atoms with Crippen molar-refractivity contribution < 1.29 is 5.11 Å². The maximum atomic E-state index is 9.67. The molecule has 0 saturated carbocycles. The molecule has 1 unspecified atom stereocenters. The van der Waals surface area contributed by atoms with E-state index < -0.39 is 6.10 Å². The van der Waals surface area contributed by atoms with Crippen LogP contribution in [0, 0.1) is 13.8 Å². The van der Waals surface area contributed by atoms with Crippen LogP contribution in [0.2, 0.25) is 0 Å². The van der Waals surface area contributed by atoms with Gasteiger partial charge in [0.15, 0.2) is 5.13 Å². The molecule has 0 spiro atoms. The minimum Gasteiger partial charge on any atom is -0.388 e. The standard InChI is InChI=1S/C14H19N3OS/c1-9-6-5-7-12(15-9)8-17(4)14-16-10(2)13(19-14)11(3)18/h5-7,11,18H,8H2,1-4H3. The Morgan fingerprint density at radius 1 is 1.32 bits per heavy atom. The second-order valence-electron chi connectivity index (χ2n) is 4.75. The SMILES string of the molecule is Cc1cccc(CN(C)c2nc(C)c(C(C)O)s2)n1. The zero-order valence-electron chi connectivity index (χ0n) is 11.7. The number of aryl methyl sites for hydroxylation is 2. The first-order chi connectivity index (χ1) is 8.97. The van der Waals surface area contributed by atoms with E-state index in [9.17, 15) is 5.11 Å². The molecule has 2 aromatic rings. The van der Waals surface area contributed by atoms with E-state index in [4.69, 9.17) is 0 Å². The van der Waals surface area contributed by atoms with Crippen molar-refractivity contribution in [3.05, 3.63) is 40.2 Å². The molecule has 102 valence electrons. The van der Waals surface area contributed by atoms with E-state index in [1.54, 1.807) is 6.92 Å². The number of nitrogens with zero attached hydrogens (tertiary/aromatic N) is 3. The first-order valence-corrected chi connectivity index (χ1v) is 7.08. The van der Waals surface area contributed by atoms with Crippen LogP contribution in [-0.4, -0.2) is 22.1 Å². The highest BCUT2D eigenvalue weighted by atomic mass is 32.1. The van der Waals surface area contributed by atoms with Crippen LogP contribution in [0.15, 0.2) is 18.2 Å². The van der Waals surface area contributed by atoms with Gasteiger partial charge in [0.05, 0.1) is 28.9 Å². The minimum atomic E-state index is -0.461. The molecule has 0 bridgehead atoms. The Balaban J connectivity index is 2.16. The first kappa shape index (κ1) is 14.0. The number of aromatic nitrogens is 2. The molecule has 0 aliphatic rings. The largest absolute Gasteiger partial charge is 0.388 e. The first-order valence-electron chi connectivity index (χ1n) is 6.26. The van der Waals surface area contributed by atoms with Gasteiger partial charge in [0.25, 0.3) is 0 Å². The fraction of sp³-hybridized carbons (Fsp3) is 0.429. The molecule has 5 heteroatoms. The van der Waals surface area contributed by atoms with E-state index in [-0.39, 0.29) is 0 Å². The molecule has 0 aliphatic heterocycles. The summed E-state index contributed by atoms with van der Waals surface area (Å²) >= 11 is 1.54. The predicted octanol–water partition coefficient (Wildman–Crippen LogP) is 2.84. The highest BCUT2D eigenvalue weighted by molar-refractivity contribution is 7.15. The quantitative estimate of drug-likeness (QED) is 0.933. The lowest BCUT2D eigenvalue weighted by atomic mass is 10.3. The number of thiazole rings is 1. The third-order valence-corrected chi connectivity index (χ3v) is 4.31. The average molecular weight is 277 g/mol. The van der Waals surface area contributed by atoms with Crippen molar-refractivity contribution in [1.82, 2.24) is 9.97 Å². The Morgan fingerprint density at radius 2 is 2.05 bits per heavy atom. The lowest BCUT2D eigenvalue weighted by molar-refractivity contribution is 0.202. The van der Waals surface area contributed by atoms with Crippen molar-refractivity contribution in [2.24, 2.45) is 0 Å². The van der Waals surface area contributed by atoms with Gasteiger partial charge in [-0.05, 0) is 32.9 Å². The third-order valence-electron chi connectivity index (χ3n) is 2.87. The van der Waals surface area contributed by atoms with E-state index in [2.05, 4.69) is 14.9 Å². The van der Waals surface area contributed by atoms with Gasteiger partial charge in [-0.2, -0.15) is 0 Å². The second-order valence-corrected chi connectivity index (χ2v) is 5.76. The summed E-state index contributed by atoms with van der Waals surface area (Å²) in [7, 11) is 1.99. The van der Waals surface area contributed by atoms with Crippen LogP contribution < -0.4 is 4.90 Å². The van der Waals surface area contributed by atoms with Crippen molar-refractivity contribution in [1.29, 1.82) is 0 Å². The van der Waals surface area contributed by atoms with E-state index in [0.29, 0.717) is 6.54 Å². The summed E-state index contributed by atoms with van der Waals surface area (Å²) in [6.07, 6.45) is -0.461. The number of rotatable bonds is 4. The van der Waals surface area contributed by atoms with Crippen molar-refractivity contribution in [2.75, 3.05) is 11.9 Å². The molecule has 2 heterocycles. The van der Waals surface area contributed by atoms with Gasteiger partial charge in [0.1, 0.15) is 0 Å². The van der Waals surface area contributed by atoms with Gasteiger partial charge in [0, 0.05) is 12.7 Å². The number of pyridine rings is 1. The predicted molar refractivity (Wildman–Crippen MR) is 78.6 cm³/mol. The molecule has 2 rings (SSSR count). The van der Waals surface area contributed by atoms with Crippen LogP contribution in [0.25, 0.3) is 0 Å². The van der Waals surface area contributed by atoms with Gasteiger partial charge in [-0.15, -0.1) is 0 Å². The number of hydrogen-bond acceptors (Lipinski definition) is 5. The number of anilines is 1. The normalized spacial score (nSPS) is 12.5. The van der Waals surface area contributed by atoms with Gasteiger partial charge in [0.2, 0.25) is 0 Å². The Labute approximate surface area is 117 Å². The van der Waals surface area contributed by atoms with Crippen molar-refractivity contribution in [3.8, 4) is 0 Å². The Bertz CT molecular complexity index is 566. The van der Waals surface area contributed by atoms with E-state index in [0.717, 1.165) is 27.1 Å². The molecule has 19 heavy (non-hydrogen) atoms. The highest BCUT2D eigenvalue weighted by Gasteiger charge is 2.15. The second kappa shape index (κ2) is 5.67. The van der Waals surface area contributed by atoms with Crippen LogP contribution in [-0.2, 0) is 6.54 Å². The van der Waals surface area contributed by atoms with Crippen molar-refractivity contribution >= 4 is 16.5 Å². The number of aliphatic hydroxyl groups excluding tert-OH is 1. The average Bonchev–Trinajstić information content (AvgIpc) is 2.71. The molecule has 1 atom stereocenters. The molecule has 0 amide bonds. The van der Waals surface area contributed by atoms with Crippen molar-refractivity contribution in [3.63, 3.8) is 0 Å². The summed E-state index contributed by atoms with van der Waals surface area (Å²) in [5.41, 5.74) is 2.94. The summed E-state index contributed by atoms with van der Waals surface area (Å²) in [6.45, 7) is 6.41. The zero-order valence-corrected chi connectivity index (χ0v) is 12.5. The van der Waals surface area contributed by atoms with Gasteiger partial charge >= 0.3 is 0 Å². The number of hydrogen-bond donors (Lipinski definition) is 1. The van der Waals surface area contributed by atoms with Crippen LogP contribution in [0.3, 0.4) is 0 Å². The minimum absolute atomic E-state index is 0.461. The third kappa shape index (κ3) is 3.30. The molecule has 0 fully saturated rings.